The Labute approximate surface area is 215 Å². The molecule has 3 aromatic rings. The smallest absolute Gasteiger partial charge is 0.254 e. The summed E-state index contributed by atoms with van der Waals surface area (Å²) in [7, 11) is 0. The van der Waals surface area contributed by atoms with Crippen molar-refractivity contribution in [1.29, 1.82) is 0 Å². The van der Waals surface area contributed by atoms with E-state index < -0.39 is 0 Å². The number of rotatable bonds is 6. The third kappa shape index (κ3) is 4.91. The van der Waals surface area contributed by atoms with Crippen LogP contribution in [0.3, 0.4) is 0 Å². The minimum Gasteiger partial charge on any atom is -0.374 e. The molecule has 5 rings (SSSR count). The van der Waals surface area contributed by atoms with Gasteiger partial charge in [-0.05, 0) is 50.5 Å². The number of nitrogens with one attached hydrogen (secondary N) is 2. The second kappa shape index (κ2) is 9.96. The standard InChI is InChI=1S/C25H25N5O2S3/c1-13-20(23(32)28-16-7-4-3-5-8-16)22(21-17(27-13)9-6-10-18(21)31)19-11-15(14(2)34-19)12-33-25-30-29-24(26)35-25/h3-5,7-8,11,22,27H,6,9-10,12H2,1-2H3,(H2,26,29)(H,28,32)/t22-/m0/s1. The van der Waals surface area contributed by atoms with Gasteiger partial charge in [0, 0.05) is 50.2 Å². The number of nitrogens with two attached hydrogens (primary N) is 1. The molecule has 180 valence electrons. The molecule has 1 atom stereocenters. The van der Waals surface area contributed by atoms with Gasteiger partial charge in [-0.1, -0.05) is 41.3 Å². The molecule has 0 fully saturated rings. The van der Waals surface area contributed by atoms with E-state index in [0.29, 0.717) is 17.1 Å². The number of anilines is 2. The van der Waals surface area contributed by atoms with E-state index in [0.717, 1.165) is 60.9 Å². The van der Waals surface area contributed by atoms with Gasteiger partial charge < -0.3 is 16.4 Å². The van der Waals surface area contributed by atoms with Gasteiger partial charge >= 0.3 is 0 Å². The molecule has 2 aliphatic rings. The number of allylic oxidation sites excluding steroid dienone is 3. The van der Waals surface area contributed by atoms with E-state index in [4.69, 9.17) is 5.73 Å². The van der Waals surface area contributed by atoms with Crippen molar-refractivity contribution in [3.05, 3.63) is 74.3 Å². The highest BCUT2D eigenvalue weighted by atomic mass is 32.2. The number of aryl methyl sites for hydroxylation is 1. The van der Waals surface area contributed by atoms with Crippen LogP contribution in [0.15, 0.2) is 63.3 Å². The predicted octanol–water partition coefficient (Wildman–Crippen LogP) is 5.39. The Bertz CT molecular complexity index is 1360. The monoisotopic (exact) mass is 523 g/mol. The number of carbonyl (C=O) groups is 2. The fourth-order valence-electron chi connectivity index (χ4n) is 4.54. The molecule has 1 aliphatic carbocycles. The van der Waals surface area contributed by atoms with E-state index in [1.807, 2.05) is 37.3 Å². The number of thiophene rings is 1. The highest BCUT2D eigenvalue weighted by Gasteiger charge is 2.39. The summed E-state index contributed by atoms with van der Waals surface area (Å²) >= 11 is 4.61. The first-order valence-electron chi connectivity index (χ1n) is 11.3. The molecule has 3 heterocycles. The zero-order chi connectivity index (χ0) is 24.5. The minimum atomic E-state index is -0.387. The summed E-state index contributed by atoms with van der Waals surface area (Å²) in [6, 6.07) is 11.5. The van der Waals surface area contributed by atoms with E-state index in [-0.39, 0.29) is 17.6 Å². The maximum Gasteiger partial charge on any atom is 0.254 e. The van der Waals surface area contributed by atoms with Crippen LogP contribution in [0, 0.1) is 6.92 Å². The van der Waals surface area contributed by atoms with Crippen molar-refractivity contribution < 1.29 is 9.59 Å². The van der Waals surface area contributed by atoms with Crippen molar-refractivity contribution in [3.8, 4) is 0 Å². The first-order valence-corrected chi connectivity index (χ1v) is 13.9. The lowest BCUT2D eigenvalue weighted by Gasteiger charge is -2.33. The van der Waals surface area contributed by atoms with E-state index in [9.17, 15) is 9.59 Å². The van der Waals surface area contributed by atoms with Crippen LogP contribution < -0.4 is 16.4 Å². The lowest BCUT2D eigenvalue weighted by molar-refractivity contribution is -0.116. The Morgan fingerprint density at radius 1 is 1.20 bits per heavy atom. The molecule has 0 unspecified atom stereocenters. The molecule has 0 spiro atoms. The van der Waals surface area contributed by atoms with Crippen molar-refractivity contribution in [2.24, 2.45) is 0 Å². The second-order valence-corrected chi connectivity index (χ2v) is 12.0. The molecule has 1 aliphatic heterocycles. The average molecular weight is 524 g/mol. The van der Waals surface area contributed by atoms with Gasteiger partial charge in [-0.15, -0.1) is 21.5 Å². The Hall–Kier alpha value is -2.95. The number of aromatic nitrogens is 2. The molecule has 0 saturated carbocycles. The number of hydrogen-bond acceptors (Lipinski definition) is 9. The number of Topliss-reactive ketones (excluding diaryl/α,β-unsaturated/α-hetero) is 1. The summed E-state index contributed by atoms with van der Waals surface area (Å²) in [5.41, 5.74) is 10.7. The minimum absolute atomic E-state index is 0.118. The van der Waals surface area contributed by atoms with Crippen LogP contribution in [0.1, 0.15) is 47.4 Å². The van der Waals surface area contributed by atoms with Crippen LogP contribution in [0.5, 0.6) is 0 Å². The van der Waals surface area contributed by atoms with Crippen LogP contribution in [0.4, 0.5) is 10.8 Å². The van der Waals surface area contributed by atoms with Crippen LogP contribution in [0.2, 0.25) is 0 Å². The number of thioether (sulfide) groups is 1. The third-order valence-electron chi connectivity index (χ3n) is 6.15. The number of carbonyl (C=O) groups excluding carboxylic acids is 2. The highest BCUT2D eigenvalue weighted by Crippen LogP contribution is 2.46. The first kappa shape index (κ1) is 23.8. The third-order valence-corrected chi connectivity index (χ3v) is 9.24. The van der Waals surface area contributed by atoms with E-state index >= 15 is 0 Å². The number of dihydropyridines is 1. The number of para-hydroxylation sites is 1. The molecule has 0 saturated heterocycles. The maximum absolute atomic E-state index is 13.6. The van der Waals surface area contributed by atoms with Crippen LogP contribution in [-0.4, -0.2) is 21.9 Å². The predicted molar refractivity (Wildman–Crippen MR) is 142 cm³/mol. The normalized spacial score (nSPS) is 17.9. The van der Waals surface area contributed by atoms with Gasteiger partial charge in [0.05, 0.1) is 5.92 Å². The number of hydrogen-bond donors (Lipinski definition) is 3. The van der Waals surface area contributed by atoms with Gasteiger partial charge in [-0.3, -0.25) is 9.59 Å². The van der Waals surface area contributed by atoms with Gasteiger partial charge in [0.1, 0.15) is 0 Å². The number of amides is 1. The van der Waals surface area contributed by atoms with Gasteiger partial charge in [-0.2, -0.15) is 0 Å². The van der Waals surface area contributed by atoms with Crippen molar-refractivity contribution >= 4 is 56.9 Å². The molecule has 35 heavy (non-hydrogen) atoms. The molecule has 0 radical (unpaired) electrons. The van der Waals surface area contributed by atoms with E-state index in [2.05, 4.69) is 33.8 Å². The van der Waals surface area contributed by atoms with Gasteiger partial charge in [0.25, 0.3) is 5.91 Å². The zero-order valence-corrected chi connectivity index (χ0v) is 21.8. The first-order chi connectivity index (χ1) is 16.9. The van der Waals surface area contributed by atoms with Crippen molar-refractivity contribution in [1.82, 2.24) is 15.5 Å². The number of nitrogens with zero attached hydrogens (tertiary/aromatic N) is 2. The van der Waals surface area contributed by atoms with E-state index in [1.54, 1.807) is 23.1 Å². The van der Waals surface area contributed by atoms with Crippen molar-refractivity contribution in [2.75, 3.05) is 11.1 Å². The van der Waals surface area contributed by atoms with Crippen LogP contribution in [0.25, 0.3) is 0 Å². The summed E-state index contributed by atoms with van der Waals surface area (Å²) in [4.78, 5) is 28.9. The molecular weight excluding hydrogens is 499 g/mol. The summed E-state index contributed by atoms with van der Waals surface area (Å²) in [5.74, 6) is 0.258. The molecule has 7 nitrogen and oxygen atoms in total. The summed E-state index contributed by atoms with van der Waals surface area (Å²) in [6.45, 7) is 4.00. The van der Waals surface area contributed by atoms with Crippen molar-refractivity contribution in [2.45, 2.75) is 49.1 Å². The second-order valence-electron chi connectivity index (χ2n) is 8.51. The number of ketones is 1. The highest BCUT2D eigenvalue weighted by molar-refractivity contribution is 8.00. The maximum atomic E-state index is 13.6. The molecule has 2 aromatic heterocycles. The van der Waals surface area contributed by atoms with Gasteiger partial charge in [0.15, 0.2) is 10.1 Å². The zero-order valence-electron chi connectivity index (χ0n) is 19.4. The van der Waals surface area contributed by atoms with Crippen LogP contribution in [-0.2, 0) is 15.3 Å². The largest absolute Gasteiger partial charge is 0.374 e. The lowest BCUT2D eigenvalue weighted by Crippen LogP contribution is -2.35. The summed E-state index contributed by atoms with van der Waals surface area (Å²) < 4.78 is 0.822. The quantitative estimate of drug-likeness (QED) is 0.372. The van der Waals surface area contributed by atoms with Gasteiger partial charge in [0.2, 0.25) is 5.13 Å². The molecule has 4 N–H and O–H groups in total. The lowest BCUT2D eigenvalue weighted by atomic mass is 9.77. The van der Waals surface area contributed by atoms with Crippen LogP contribution >= 0.6 is 34.4 Å². The van der Waals surface area contributed by atoms with Crippen molar-refractivity contribution in [3.63, 3.8) is 0 Å². The molecule has 1 aromatic carbocycles. The summed E-state index contributed by atoms with van der Waals surface area (Å²) in [5, 5.41) is 14.8. The fourth-order valence-corrected chi connectivity index (χ4v) is 7.49. The topological polar surface area (TPSA) is 110 Å². The summed E-state index contributed by atoms with van der Waals surface area (Å²) in [6.07, 6.45) is 2.15. The molecule has 0 bridgehead atoms. The van der Waals surface area contributed by atoms with E-state index in [1.165, 1.54) is 11.3 Å². The number of nitrogen functional groups attached to an aromatic ring is 1. The Balaban J connectivity index is 1.50. The average Bonchev–Trinajstić information content (AvgIpc) is 3.42. The SMILES string of the molecule is CC1=C(C(=O)Nc2ccccc2)[C@H](c2cc(CSc3nnc(N)s3)c(C)s2)C2=C(CCCC2=O)N1. The van der Waals surface area contributed by atoms with Gasteiger partial charge in [-0.25, -0.2) is 0 Å². The molecular formula is C25H25N5O2S3. The Morgan fingerprint density at radius 3 is 2.74 bits per heavy atom. The Kier molecular flexibility index (Phi) is 6.77. The molecule has 1 amide bonds. The number of benzene rings is 1. The molecule has 10 heteroatoms. The fraction of sp³-hybridized carbons (Fsp3) is 0.280. The Morgan fingerprint density at radius 2 is 2.00 bits per heavy atom.